The monoisotopic (exact) mass is 241 g/mol. The second-order valence-corrected chi connectivity index (χ2v) is 5.02. The summed E-state index contributed by atoms with van der Waals surface area (Å²) in [5.41, 5.74) is -0.611. The lowest BCUT2D eigenvalue weighted by molar-refractivity contribution is -0.143. The molecule has 96 valence electrons. The van der Waals surface area contributed by atoms with E-state index in [0.717, 1.165) is 0 Å². The van der Waals surface area contributed by atoms with Crippen molar-refractivity contribution in [1.29, 1.82) is 0 Å². The minimum absolute atomic E-state index is 0.328. The molecule has 1 heterocycles. The van der Waals surface area contributed by atoms with E-state index in [1.807, 2.05) is 6.08 Å². The third kappa shape index (κ3) is 4.09. The van der Waals surface area contributed by atoms with Gasteiger partial charge < -0.3 is 9.84 Å². The molecular weight excluding hydrogens is 222 g/mol. The molecule has 1 atom stereocenters. The minimum Gasteiger partial charge on any atom is -0.480 e. The maximum atomic E-state index is 11.9. The predicted octanol–water partition coefficient (Wildman–Crippen LogP) is 2.03. The van der Waals surface area contributed by atoms with Crippen LogP contribution in [0.5, 0.6) is 0 Å². The number of carboxylic acids is 1. The fourth-order valence-electron chi connectivity index (χ4n) is 1.61. The summed E-state index contributed by atoms with van der Waals surface area (Å²) >= 11 is 0. The third-order valence-electron chi connectivity index (χ3n) is 2.35. The average Bonchev–Trinajstić information content (AvgIpc) is 2.39. The van der Waals surface area contributed by atoms with E-state index in [2.05, 4.69) is 0 Å². The summed E-state index contributed by atoms with van der Waals surface area (Å²) in [7, 11) is 0. The smallest absolute Gasteiger partial charge is 0.411 e. The van der Waals surface area contributed by atoms with Gasteiger partial charge >= 0.3 is 12.1 Å². The zero-order valence-electron chi connectivity index (χ0n) is 10.5. The maximum absolute atomic E-state index is 11.9. The summed E-state index contributed by atoms with van der Waals surface area (Å²) < 4.78 is 5.21. The van der Waals surface area contributed by atoms with Gasteiger partial charge in [0.1, 0.15) is 11.6 Å². The highest BCUT2D eigenvalue weighted by molar-refractivity contribution is 5.80. The van der Waals surface area contributed by atoms with Crippen molar-refractivity contribution < 1.29 is 19.4 Å². The van der Waals surface area contributed by atoms with E-state index < -0.39 is 23.7 Å². The van der Waals surface area contributed by atoms with Crippen LogP contribution in [-0.2, 0) is 9.53 Å². The SMILES string of the molecule is CC(C)(C)OC(=O)N1CCC=CCC1C(=O)O. The van der Waals surface area contributed by atoms with Crippen LogP contribution in [0.1, 0.15) is 33.6 Å². The molecular formula is C12H19NO4. The van der Waals surface area contributed by atoms with Crippen molar-refractivity contribution in [3.05, 3.63) is 12.2 Å². The van der Waals surface area contributed by atoms with Crippen LogP contribution in [0.15, 0.2) is 12.2 Å². The molecule has 5 nitrogen and oxygen atoms in total. The number of carbonyl (C=O) groups excluding carboxylic acids is 1. The Morgan fingerprint density at radius 2 is 2.00 bits per heavy atom. The van der Waals surface area contributed by atoms with Gasteiger partial charge in [0.15, 0.2) is 0 Å². The molecule has 5 heteroatoms. The molecule has 0 spiro atoms. The molecule has 0 fully saturated rings. The fraction of sp³-hybridized carbons (Fsp3) is 0.667. The number of ether oxygens (including phenoxy) is 1. The fourth-order valence-corrected chi connectivity index (χ4v) is 1.61. The number of aliphatic carboxylic acids is 1. The first kappa shape index (κ1) is 13.5. The van der Waals surface area contributed by atoms with E-state index in [9.17, 15) is 9.59 Å². The molecule has 1 amide bonds. The van der Waals surface area contributed by atoms with Crippen molar-refractivity contribution in [1.82, 2.24) is 4.90 Å². The van der Waals surface area contributed by atoms with E-state index in [-0.39, 0.29) is 0 Å². The topological polar surface area (TPSA) is 66.8 Å². The van der Waals surface area contributed by atoms with Gasteiger partial charge in [-0.15, -0.1) is 0 Å². The van der Waals surface area contributed by atoms with Gasteiger partial charge in [-0.25, -0.2) is 9.59 Å². The molecule has 0 bridgehead atoms. The summed E-state index contributed by atoms with van der Waals surface area (Å²) in [5, 5.41) is 9.10. The Hall–Kier alpha value is -1.52. The molecule has 0 radical (unpaired) electrons. The highest BCUT2D eigenvalue weighted by Gasteiger charge is 2.32. The van der Waals surface area contributed by atoms with Crippen LogP contribution >= 0.6 is 0 Å². The lowest BCUT2D eigenvalue weighted by Gasteiger charge is -2.30. The van der Waals surface area contributed by atoms with Gasteiger partial charge in [0.25, 0.3) is 0 Å². The summed E-state index contributed by atoms with van der Waals surface area (Å²) in [4.78, 5) is 24.3. The van der Waals surface area contributed by atoms with Crippen LogP contribution in [0.25, 0.3) is 0 Å². The first-order valence-electron chi connectivity index (χ1n) is 5.68. The van der Waals surface area contributed by atoms with Crippen molar-refractivity contribution in [2.24, 2.45) is 0 Å². The number of nitrogens with zero attached hydrogens (tertiary/aromatic N) is 1. The number of carbonyl (C=O) groups is 2. The second-order valence-electron chi connectivity index (χ2n) is 5.02. The molecule has 0 saturated heterocycles. The van der Waals surface area contributed by atoms with Gasteiger partial charge in [-0.2, -0.15) is 0 Å². The quantitative estimate of drug-likeness (QED) is 0.713. The number of hydrogen-bond donors (Lipinski definition) is 1. The van der Waals surface area contributed by atoms with Gasteiger partial charge in [0.05, 0.1) is 0 Å². The van der Waals surface area contributed by atoms with Crippen LogP contribution < -0.4 is 0 Å². The summed E-state index contributed by atoms with van der Waals surface area (Å²) in [5.74, 6) is -0.998. The summed E-state index contributed by atoms with van der Waals surface area (Å²) in [6.45, 7) is 5.66. The number of carboxylic acid groups (broad SMARTS) is 1. The number of amides is 1. The van der Waals surface area contributed by atoms with Crippen molar-refractivity contribution in [2.45, 2.75) is 45.3 Å². The Morgan fingerprint density at radius 1 is 1.35 bits per heavy atom. The predicted molar refractivity (Wildman–Crippen MR) is 62.7 cm³/mol. The van der Waals surface area contributed by atoms with E-state index >= 15 is 0 Å². The van der Waals surface area contributed by atoms with E-state index in [0.29, 0.717) is 19.4 Å². The highest BCUT2D eigenvalue weighted by atomic mass is 16.6. The van der Waals surface area contributed by atoms with Gasteiger partial charge in [-0.05, 0) is 33.6 Å². The van der Waals surface area contributed by atoms with Gasteiger partial charge in [-0.1, -0.05) is 12.2 Å². The maximum Gasteiger partial charge on any atom is 0.411 e. The zero-order chi connectivity index (χ0) is 13.1. The number of hydrogen-bond acceptors (Lipinski definition) is 3. The second kappa shape index (κ2) is 5.21. The van der Waals surface area contributed by atoms with Crippen molar-refractivity contribution in [3.63, 3.8) is 0 Å². The lowest BCUT2D eigenvalue weighted by Crippen LogP contribution is -2.46. The van der Waals surface area contributed by atoms with Crippen LogP contribution in [0.2, 0.25) is 0 Å². The Kier molecular flexibility index (Phi) is 4.15. The molecule has 1 aliphatic rings. The van der Waals surface area contributed by atoms with Crippen LogP contribution in [-0.4, -0.2) is 40.3 Å². The molecule has 17 heavy (non-hydrogen) atoms. The van der Waals surface area contributed by atoms with E-state index in [4.69, 9.17) is 9.84 Å². The average molecular weight is 241 g/mol. The summed E-state index contributed by atoms with van der Waals surface area (Å²) in [6.07, 6.45) is 4.11. The van der Waals surface area contributed by atoms with Crippen molar-refractivity contribution >= 4 is 12.1 Å². The minimum atomic E-state index is -0.998. The van der Waals surface area contributed by atoms with Gasteiger partial charge in [-0.3, -0.25) is 4.90 Å². The highest BCUT2D eigenvalue weighted by Crippen LogP contribution is 2.17. The van der Waals surface area contributed by atoms with Gasteiger partial charge in [0, 0.05) is 6.54 Å². The molecule has 0 aromatic heterocycles. The summed E-state index contributed by atoms with van der Waals surface area (Å²) in [6, 6.07) is -0.830. The normalized spacial score (nSPS) is 20.9. The first-order valence-corrected chi connectivity index (χ1v) is 5.68. The largest absolute Gasteiger partial charge is 0.480 e. The van der Waals surface area contributed by atoms with Crippen molar-refractivity contribution in [2.75, 3.05) is 6.54 Å². The molecule has 0 aromatic carbocycles. The standard InChI is InChI=1S/C12H19NO4/c1-12(2,3)17-11(16)13-8-6-4-5-7-9(13)10(14)15/h4-5,9H,6-8H2,1-3H3,(H,14,15). The van der Waals surface area contributed by atoms with Gasteiger partial charge in [0.2, 0.25) is 0 Å². The Balaban J connectivity index is 2.78. The van der Waals surface area contributed by atoms with Crippen molar-refractivity contribution in [3.8, 4) is 0 Å². The van der Waals surface area contributed by atoms with Crippen LogP contribution in [0, 0.1) is 0 Å². The lowest BCUT2D eigenvalue weighted by atomic mass is 10.2. The zero-order valence-corrected chi connectivity index (χ0v) is 10.5. The molecule has 0 saturated carbocycles. The first-order chi connectivity index (χ1) is 7.81. The Morgan fingerprint density at radius 3 is 2.53 bits per heavy atom. The molecule has 1 N–H and O–H groups in total. The van der Waals surface area contributed by atoms with Crippen LogP contribution in [0.4, 0.5) is 4.79 Å². The Bertz CT molecular complexity index is 330. The molecule has 1 unspecified atom stereocenters. The number of rotatable bonds is 1. The Labute approximate surface area is 101 Å². The molecule has 1 rings (SSSR count). The molecule has 0 aliphatic carbocycles. The molecule has 1 aliphatic heterocycles. The molecule has 0 aromatic rings. The van der Waals surface area contributed by atoms with E-state index in [1.165, 1.54) is 4.90 Å². The third-order valence-corrected chi connectivity index (χ3v) is 2.35. The van der Waals surface area contributed by atoms with E-state index in [1.54, 1.807) is 26.8 Å². The van der Waals surface area contributed by atoms with Crippen LogP contribution in [0.3, 0.4) is 0 Å².